The van der Waals surface area contributed by atoms with Crippen LogP contribution < -0.4 is 5.32 Å². The number of carbonyl (C=O) groups is 3. The van der Waals surface area contributed by atoms with Gasteiger partial charge in [-0.25, -0.2) is 4.79 Å². The highest BCUT2D eigenvalue weighted by Crippen LogP contribution is 2.53. The summed E-state index contributed by atoms with van der Waals surface area (Å²) in [4.78, 5) is 43.8. The van der Waals surface area contributed by atoms with Crippen LogP contribution in [0.2, 0.25) is 10.0 Å². The van der Waals surface area contributed by atoms with E-state index in [0.29, 0.717) is 48.3 Å². The van der Waals surface area contributed by atoms with Gasteiger partial charge in [0.1, 0.15) is 6.04 Å². The molecule has 4 fully saturated rings. The Balaban J connectivity index is 1.16. The van der Waals surface area contributed by atoms with Crippen LogP contribution in [0.3, 0.4) is 0 Å². The second kappa shape index (κ2) is 9.42. The van der Waals surface area contributed by atoms with E-state index in [0.717, 1.165) is 19.3 Å². The fraction of sp³-hybridized carbons (Fsp3) is 0.625. The molecule has 4 aliphatic rings. The third-order valence-electron chi connectivity index (χ3n) is 7.96. The Kier molecular flexibility index (Phi) is 6.63. The second-order valence-electron chi connectivity index (χ2n) is 10.1. The number of ether oxygens (including phenoxy) is 1. The molecule has 3 heterocycles. The Morgan fingerprint density at radius 2 is 1.97 bits per heavy atom. The van der Waals surface area contributed by atoms with E-state index in [1.807, 2.05) is 0 Å². The molecule has 3 saturated heterocycles. The highest BCUT2D eigenvalue weighted by atomic mass is 35.5. The minimum absolute atomic E-state index is 0.00290. The summed E-state index contributed by atoms with van der Waals surface area (Å²) in [5.74, 6) is -0.201. The number of hydrogen-bond donors (Lipinski definition) is 2. The van der Waals surface area contributed by atoms with Crippen molar-refractivity contribution < 1.29 is 24.2 Å². The van der Waals surface area contributed by atoms with Gasteiger partial charge in [0.15, 0.2) is 6.23 Å². The number of benzene rings is 1. The van der Waals surface area contributed by atoms with Crippen molar-refractivity contribution in [3.8, 4) is 0 Å². The highest BCUT2D eigenvalue weighted by molar-refractivity contribution is 6.42. The summed E-state index contributed by atoms with van der Waals surface area (Å²) in [5, 5.41) is 13.9. The molecule has 4 amide bonds. The van der Waals surface area contributed by atoms with Gasteiger partial charge in [0, 0.05) is 25.2 Å². The van der Waals surface area contributed by atoms with Gasteiger partial charge in [-0.2, -0.15) is 0 Å². The number of amides is 4. The van der Waals surface area contributed by atoms with Gasteiger partial charge in [0.2, 0.25) is 11.8 Å². The minimum Gasteiger partial charge on any atom is -0.391 e. The number of nitrogens with one attached hydrogen (secondary N) is 1. The van der Waals surface area contributed by atoms with E-state index in [2.05, 4.69) is 5.32 Å². The number of urea groups is 1. The highest BCUT2D eigenvalue weighted by Gasteiger charge is 2.52. The minimum atomic E-state index is -0.680. The molecular weight excluding hydrogens is 495 g/mol. The molecule has 2 N–H and O–H groups in total. The Morgan fingerprint density at radius 1 is 1.20 bits per heavy atom. The lowest BCUT2D eigenvalue weighted by atomic mass is 9.90. The van der Waals surface area contributed by atoms with E-state index in [4.69, 9.17) is 27.9 Å². The van der Waals surface area contributed by atoms with Crippen LogP contribution in [0, 0.1) is 5.41 Å². The number of likely N-dealkylation sites (tertiary alicyclic amines) is 1. The molecule has 11 heteroatoms. The van der Waals surface area contributed by atoms with Gasteiger partial charge in [-0.15, -0.1) is 0 Å². The van der Waals surface area contributed by atoms with Crippen LogP contribution in [0.25, 0.3) is 0 Å². The number of anilines is 1. The molecule has 4 atom stereocenters. The maximum absolute atomic E-state index is 13.2. The largest absolute Gasteiger partial charge is 0.391 e. The monoisotopic (exact) mass is 524 g/mol. The van der Waals surface area contributed by atoms with Crippen molar-refractivity contribution in [3.05, 3.63) is 28.2 Å². The molecule has 35 heavy (non-hydrogen) atoms. The fourth-order valence-corrected chi connectivity index (χ4v) is 5.74. The van der Waals surface area contributed by atoms with Gasteiger partial charge in [0.05, 0.1) is 35.3 Å². The number of aliphatic hydroxyl groups is 1. The molecule has 5 rings (SSSR count). The maximum Gasteiger partial charge on any atom is 0.322 e. The Morgan fingerprint density at radius 3 is 2.66 bits per heavy atom. The lowest BCUT2D eigenvalue weighted by Gasteiger charge is -2.42. The number of halogens is 2. The normalized spacial score (nSPS) is 29.4. The molecule has 1 aromatic rings. The lowest BCUT2D eigenvalue weighted by Crippen LogP contribution is -2.62. The van der Waals surface area contributed by atoms with Crippen molar-refractivity contribution in [1.82, 2.24) is 14.7 Å². The number of hydrogen-bond acceptors (Lipinski definition) is 5. The van der Waals surface area contributed by atoms with Crippen LogP contribution in [0.5, 0.6) is 0 Å². The Bertz CT molecular complexity index is 1040. The zero-order valence-corrected chi connectivity index (χ0v) is 21.1. The van der Waals surface area contributed by atoms with Crippen LogP contribution in [-0.4, -0.2) is 88.3 Å². The Hall–Kier alpha value is -2.07. The molecule has 1 saturated carbocycles. The van der Waals surface area contributed by atoms with Gasteiger partial charge in [-0.1, -0.05) is 23.2 Å². The topological polar surface area (TPSA) is 102 Å². The van der Waals surface area contributed by atoms with E-state index >= 15 is 0 Å². The van der Waals surface area contributed by atoms with E-state index in [1.54, 1.807) is 34.9 Å². The van der Waals surface area contributed by atoms with Crippen molar-refractivity contribution in [2.45, 2.75) is 63.4 Å². The van der Waals surface area contributed by atoms with E-state index in [9.17, 15) is 19.5 Å². The molecule has 1 unspecified atom stereocenters. The first-order valence-corrected chi connectivity index (χ1v) is 12.9. The van der Waals surface area contributed by atoms with Crippen molar-refractivity contribution >= 4 is 46.7 Å². The van der Waals surface area contributed by atoms with Crippen LogP contribution in [0.15, 0.2) is 18.2 Å². The van der Waals surface area contributed by atoms with Crippen LogP contribution in [-0.2, 0) is 14.3 Å². The standard InChI is InChI=1S/C24H30Cl2N4O5/c1-14-22(33)30-16(3-5-20(32)28-9-8-24(6-7-24)19(31)11-28)13-35-21(30)12-29(14)23(34)27-15-2-4-17(25)18(26)10-15/h2,4,10,14,16,19,21,31H,3,5-9,11-13H2,1H3,(H,27,34)/t14-,16-,19+,21?/m0/s1. The molecule has 1 spiro atoms. The zero-order chi connectivity index (χ0) is 24.9. The van der Waals surface area contributed by atoms with Crippen LogP contribution in [0.1, 0.15) is 39.0 Å². The number of piperazine rings is 1. The number of nitrogens with zero attached hydrogens (tertiary/aromatic N) is 3. The molecule has 1 aliphatic carbocycles. The maximum atomic E-state index is 13.2. The molecule has 190 valence electrons. The summed E-state index contributed by atoms with van der Waals surface area (Å²) in [6.07, 6.45) is 2.75. The fourth-order valence-electron chi connectivity index (χ4n) is 5.44. The first-order valence-electron chi connectivity index (χ1n) is 12.1. The average Bonchev–Trinajstić information content (AvgIpc) is 3.50. The van der Waals surface area contributed by atoms with Crippen LogP contribution in [0.4, 0.5) is 10.5 Å². The summed E-state index contributed by atoms with van der Waals surface area (Å²) in [5.41, 5.74) is 0.531. The van der Waals surface area contributed by atoms with Crippen molar-refractivity contribution in [3.63, 3.8) is 0 Å². The van der Waals surface area contributed by atoms with Crippen molar-refractivity contribution in [2.24, 2.45) is 5.41 Å². The molecule has 0 radical (unpaired) electrons. The number of β-amino-alcohol motifs (C(OH)–C–C–N with tert-alkyl or cyclic N) is 1. The van der Waals surface area contributed by atoms with E-state index in [-0.39, 0.29) is 29.8 Å². The van der Waals surface area contributed by atoms with Gasteiger partial charge >= 0.3 is 6.03 Å². The molecular formula is C24H30Cl2N4O5. The summed E-state index contributed by atoms with van der Waals surface area (Å²) in [7, 11) is 0. The third kappa shape index (κ3) is 4.71. The SMILES string of the molecule is C[C@H]1C(=O)N2C(CN1C(=O)Nc1ccc(Cl)c(Cl)c1)OC[C@@H]2CCC(=O)N1CCC2(CC2)[C@H](O)C1. The summed E-state index contributed by atoms with van der Waals surface area (Å²) < 4.78 is 5.86. The Labute approximate surface area is 214 Å². The molecule has 1 aromatic carbocycles. The summed E-state index contributed by atoms with van der Waals surface area (Å²) >= 11 is 12.0. The quantitative estimate of drug-likeness (QED) is 0.630. The number of carbonyl (C=O) groups excluding carboxylic acids is 3. The summed E-state index contributed by atoms with van der Waals surface area (Å²) in [6, 6.07) is 3.45. The number of piperidine rings is 1. The molecule has 3 aliphatic heterocycles. The molecule has 9 nitrogen and oxygen atoms in total. The summed E-state index contributed by atoms with van der Waals surface area (Å²) in [6.45, 7) is 3.32. The van der Waals surface area contributed by atoms with Crippen molar-refractivity contribution in [1.29, 1.82) is 0 Å². The second-order valence-corrected chi connectivity index (χ2v) is 10.9. The van der Waals surface area contributed by atoms with E-state index in [1.165, 1.54) is 4.90 Å². The number of aliphatic hydroxyl groups excluding tert-OH is 1. The zero-order valence-electron chi connectivity index (χ0n) is 19.6. The molecule has 0 bridgehead atoms. The lowest BCUT2D eigenvalue weighted by molar-refractivity contribution is -0.150. The predicted molar refractivity (Wildman–Crippen MR) is 130 cm³/mol. The third-order valence-corrected chi connectivity index (χ3v) is 8.70. The number of rotatable bonds is 4. The average molecular weight is 525 g/mol. The van der Waals surface area contributed by atoms with E-state index < -0.39 is 24.4 Å². The van der Waals surface area contributed by atoms with Gasteiger partial charge in [-0.3, -0.25) is 9.59 Å². The smallest absolute Gasteiger partial charge is 0.322 e. The van der Waals surface area contributed by atoms with Crippen molar-refractivity contribution in [2.75, 3.05) is 31.6 Å². The predicted octanol–water partition coefficient (Wildman–Crippen LogP) is 2.94. The van der Waals surface area contributed by atoms with Gasteiger partial charge < -0.3 is 29.9 Å². The van der Waals surface area contributed by atoms with Gasteiger partial charge in [0.25, 0.3) is 0 Å². The first kappa shape index (κ1) is 24.6. The van der Waals surface area contributed by atoms with Crippen LogP contribution >= 0.6 is 23.2 Å². The molecule has 0 aromatic heterocycles. The number of fused-ring (bicyclic) bond motifs is 1. The van der Waals surface area contributed by atoms with Gasteiger partial charge in [-0.05, 0) is 56.2 Å². The first-order chi connectivity index (χ1) is 16.7.